The van der Waals surface area contributed by atoms with Crippen molar-refractivity contribution in [3.8, 4) is 11.5 Å². The molecule has 0 radical (unpaired) electrons. The molecule has 192 valence electrons. The SMILES string of the molecule is CC.CCCCCCC(C)(CC)c1cc(O)c2c(c1)OC(C)C1CC=C(CN(N)/C=N\N)C[C@H]21. The van der Waals surface area contributed by atoms with Crippen LogP contribution in [0.25, 0.3) is 0 Å². The fourth-order valence-electron chi connectivity index (χ4n) is 5.49. The minimum atomic E-state index is 0.0446. The molecular weight excluding hydrogens is 424 g/mol. The van der Waals surface area contributed by atoms with E-state index >= 15 is 0 Å². The van der Waals surface area contributed by atoms with Crippen LogP contribution in [0.4, 0.5) is 0 Å². The van der Waals surface area contributed by atoms with E-state index in [9.17, 15) is 5.11 Å². The number of hydrogen-bond donors (Lipinski definition) is 3. The van der Waals surface area contributed by atoms with Gasteiger partial charge in [0.25, 0.3) is 0 Å². The van der Waals surface area contributed by atoms with Gasteiger partial charge in [-0.25, -0.2) is 5.84 Å². The third-order valence-electron chi connectivity index (χ3n) is 7.74. The first kappa shape index (κ1) is 28.0. The van der Waals surface area contributed by atoms with Crippen LogP contribution >= 0.6 is 0 Å². The van der Waals surface area contributed by atoms with Gasteiger partial charge in [-0.05, 0) is 55.7 Å². The Hall–Kier alpha value is -2.21. The van der Waals surface area contributed by atoms with Crippen LogP contribution in [0.2, 0.25) is 0 Å². The quantitative estimate of drug-likeness (QED) is 0.0922. The predicted molar refractivity (Wildman–Crippen MR) is 143 cm³/mol. The van der Waals surface area contributed by atoms with Crippen LogP contribution in [0.5, 0.6) is 11.5 Å². The lowest BCUT2D eigenvalue weighted by atomic mass is 9.70. The van der Waals surface area contributed by atoms with Gasteiger partial charge >= 0.3 is 0 Å². The Morgan fingerprint density at radius 2 is 1.97 bits per heavy atom. The fourth-order valence-corrected chi connectivity index (χ4v) is 5.49. The summed E-state index contributed by atoms with van der Waals surface area (Å²) < 4.78 is 6.40. The first-order chi connectivity index (χ1) is 16.3. The topological polar surface area (TPSA) is 97.1 Å². The fraction of sp³-hybridized carbons (Fsp3) is 0.679. The number of unbranched alkanes of at least 4 members (excludes halogenated alkanes) is 3. The number of phenols is 1. The number of nitrogens with two attached hydrogens (primary N) is 2. The van der Waals surface area contributed by atoms with Crippen molar-refractivity contribution in [1.82, 2.24) is 5.01 Å². The maximum absolute atomic E-state index is 11.2. The Morgan fingerprint density at radius 3 is 2.62 bits per heavy atom. The van der Waals surface area contributed by atoms with Crippen LogP contribution in [0.3, 0.4) is 0 Å². The first-order valence-corrected chi connectivity index (χ1v) is 13.3. The number of ether oxygens (including phenoxy) is 1. The molecule has 3 unspecified atom stereocenters. The average Bonchev–Trinajstić information content (AvgIpc) is 2.82. The van der Waals surface area contributed by atoms with Crippen LogP contribution in [0.1, 0.15) is 110 Å². The number of aromatic hydroxyl groups is 1. The lowest BCUT2D eigenvalue weighted by Crippen LogP contribution is -2.38. The third-order valence-corrected chi connectivity index (χ3v) is 7.74. The molecule has 1 aromatic carbocycles. The van der Waals surface area contributed by atoms with Gasteiger partial charge in [-0.1, -0.05) is 72.0 Å². The zero-order chi connectivity index (χ0) is 25.3. The van der Waals surface area contributed by atoms with Crippen molar-refractivity contribution in [3.05, 3.63) is 34.9 Å². The number of hydrazone groups is 1. The zero-order valence-electron chi connectivity index (χ0n) is 22.3. The van der Waals surface area contributed by atoms with E-state index < -0.39 is 0 Å². The van der Waals surface area contributed by atoms with Crippen molar-refractivity contribution in [2.24, 2.45) is 22.7 Å². The minimum Gasteiger partial charge on any atom is -0.508 e. The number of fused-ring (bicyclic) bond motifs is 3. The largest absolute Gasteiger partial charge is 0.508 e. The number of benzene rings is 1. The van der Waals surface area contributed by atoms with Gasteiger partial charge in [-0.3, -0.25) is 5.01 Å². The molecule has 0 fully saturated rings. The molecule has 0 bridgehead atoms. The van der Waals surface area contributed by atoms with Crippen LogP contribution in [-0.4, -0.2) is 29.1 Å². The summed E-state index contributed by atoms with van der Waals surface area (Å²) in [5.41, 5.74) is 3.44. The van der Waals surface area contributed by atoms with Crippen molar-refractivity contribution in [3.63, 3.8) is 0 Å². The van der Waals surface area contributed by atoms with E-state index in [0.29, 0.717) is 18.2 Å². The standard InChI is InChI=1S/C26H42N4O2.C2H6/c1-5-7-8-9-12-26(4,6-2)20-14-23(31)25-22-13-19(16-30(28)17-29-27)10-11-21(22)18(3)32-24(25)15-20;1-2/h10,14-15,17-18,21-22,31H,5-9,11-13,16,27-28H2,1-4H3;1-2H3/b29-17-;/t18?,21?,22-,26?;/m0./s1. The summed E-state index contributed by atoms with van der Waals surface area (Å²) in [6.45, 7) is 13.6. The predicted octanol–water partition coefficient (Wildman–Crippen LogP) is 6.34. The molecule has 0 saturated heterocycles. The number of allylic oxidation sites excluding steroid dienone is 1. The van der Waals surface area contributed by atoms with E-state index in [1.54, 1.807) is 0 Å². The molecule has 3 rings (SSSR count). The zero-order valence-corrected chi connectivity index (χ0v) is 22.3. The molecule has 0 saturated carbocycles. The number of hydrazine groups is 1. The summed E-state index contributed by atoms with van der Waals surface area (Å²) in [4.78, 5) is 0. The molecule has 1 aliphatic carbocycles. The highest BCUT2D eigenvalue weighted by Crippen LogP contribution is 2.52. The highest BCUT2D eigenvalue weighted by molar-refractivity contribution is 5.55. The van der Waals surface area contributed by atoms with Crippen molar-refractivity contribution in [1.29, 1.82) is 0 Å². The van der Waals surface area contributed by atoms with Gasteiger partial charge in [0.15, 0.2) is 0 Å². The van der Waals surface area contributed by atoms with Crippen molar-refractivity contribution < 1.29 is 9.84 Å². The lowest BCUT2D eigenvalue weighted by molar-refractivity contribution is 0.101. The second-order valence-corrected chi connectivity index (χ2v) is 9.96. The molecule has 0 spiro atoms. The summed E-state index contributed by atoms with van der Waals surface area (Å²) >= 11 is 0. The van der Waals surface area contributed by atoms with Gasteiger partial charge in [0.1, 0.15) is 17.8 Å². The molecule has 4 atom stereocenters. The van der Waals surface area contributed by atoms with E-state index in [4.69, 9.17) is 16.4 Å². The first-order valence-electron chi connectivity index (χ1n) is 13.3. The molecule has 1 aliphatic heterocycles. The van der Waals surface area contributed by atoms with E-state index in [1.165, 1.54) is 48.2 Å². The highest BCUT2D eigenvalue weighted by atomic mass is 16.5. The normalized spacial score (nSPS) is 23.0. The van der Waals surface area contributed by atoms with Gasteiger partial charge < -0.3 is 15.7 Å². The number of nitrogens with zero attached hydrogens (tertiary/aromatic N) is 2. The lowest BCUT2D eigenvalue weighted by Gasteiger charge is -2.42. The van der Waals surface area contributed by atoms with Gasteiger partial charge in [0, 0.05) is 17.4 Å². The van der Waals surface area contributed by atoms with Gasteiger partial charge in [0.05, 0.1) is 12.6 Å². The average molecular weight is 473 g/mol. The van der Waals surface area contributed by atoms with E-state index in [2.05, 4.69) is 44.9 Å². The summed E-state index contributed by atoms with van der Waals surface area (Å²) in [5.74, 6) is 13.0. The van der Waals surface area contributed by atoms with Crippen LogP contribution < -0.4 is 16.4 Å². The number of rotatable bonds is 10. The van der Waals surface area contributed by atoms with Crippen molar-refractivity contribution >= 4 is 6.34 Å². The Morgan fingerprint density at radius 1 is 1.24 bits per heavy atom. The Balaban J connectivity index is 0.00000199. The number of phenolic OH excluding ortho intramolecular Hbond substituents is 1. The smallest absolute Gasteiger partial charge is 0.127 e. The van der Waals surface area contributed by atoms with E-state index in [1.807, 2.05) is 19.9 Å². The summed E-state index contributed by atoms with van der Waals surface area (Å²) in [7, 11) is 0. The van der Waals surface area contributed by atoms with Gasteiger partial charge in [-0.15, -0.1) is 0 Å². The van der Waals surface area contributed by atoms with Crippen molar-refractivity contribution in [2.75, 3.05) is 6.54 Å². The summed E-state index contributed by atoms with van der Waals surface area (Å²) in [6.07, 6.45) is 12.8. The molecule has 6 heteroatoms. The van der Waals surface area contributed by atoms with E-state index in [-0.39, 0.29) is 17.4 Å². The molecular formula is C28H48N4O2. The Bertz CT molecular complexity index is 838. The summed E-state index contributed by atoms with van der Waals surface area (Å²) in [6, 6.07) is 4.21. The van der Waals surface area contributed by atoms with Gasteiger partial charge in [-0.2, -0.15) is 5.10 Å². The molecule has 34 heavy (non-hydrogen) atoms. The van der Waals surface area contributed by atoms with Crippen molar-refractivity contribution in [2.45, 2.75) is 110 Å². The monoisotopic (exact) mass is 472 g/mol. The summed E-state index contributed by atoms with van der Waals surface area (Å²) in [5, 5.41) is 16.2. The minimum absolute atomic E-state index is 0.0446. The van der Waals surface area contributed by atoms with Crippen LogP contribution in [0, 0.1) is 5.92 Å². The Labute approximate surface area is 207 Å². The van der Waals surface area contributed by atoms with Crippen LogP contribution in [-0.2, 0) is 5.41 Å². The number of hydrogen-bond acceptors (Lipinski definition) is 5. The maximum Gasteiger partial charge on any atom is 0.127 e. The molecule has 1 heterocycles. The second-order valence-electron chi connectivity index (χ2n) is 9.96. The second kappa shape index (κ2) is 13.0. The van der Waals surface area contributed by atoms with E-state index in [0.717, 1.165) is 37.0 Å². The molecule has 0 aromatic heterocycles. The van der Waals surface area contributed by atoms with Crippen LogP contribution in [0.15, 0.2) is 28.9 Å². The van der Waals surface area contributed by atoms with Gasteiger partial charge in [0.2, 0.25) is 0 Å². The highest BCUT2D eigenvalue weighted by Gasteiger charge is 2.40. The molecule has 0 amide bonds. The maximum atomic E-state index is 11.2. The molecule has 2 aliphatic rings. The Kier molecular flexibility index (Phi) is 10.7. The molecule has 1 aromatic rings. The molecule has 5 N–H and O–H groups in total. The third kappa shape index (κ3) is 6.47. The molecule has 6 nitrogen and oxygen atoms in total.